The molecule has 2 amide bonds. The Labute approximate surface area is 214 Å². The summed E-state index contributed by atoms with van der Waals surface area (Å²) in [7, 11) is 3.13. The lowest BCUT2D eigenvalue weighted by Gasteiger charge is -2.26. The molecule has 0 bridgehead atoms. The van der Waals surface area contributed by atoms with Gasteiger partial charge in [0.25, 0.3) is 0 Å². The summed E-state index contributed by atoms with van der Waals surface area (Å²) in [5.74, 6) is 0.431. The number of hydrogen-bond acceptors (Lipinski definition) is 8. The number of nitro groups is 1. The van der Waals surface area contributed by atoms with Crippen molar-refractivity contribution in [2.24, 2.45) is 0 Å². The molecule has 0 aliphatic rings. The summed E-state index contributed by atoms with van der Waals surface area (Å²) in [6.07, 6.45) is 0.575. The molecular formula is C26H30N4O7. The summed E-state index contributed by atoms with van der Waals surface area (Å²) < 4.78 is 16.5. The molecule has 11 heteroatoms. The second kappa shape index (κ2) is 11.5. The van der Waals surface area contributed by atoms with E-state index in [-0.39, 0.29) is 31.1 Å². The summed E-state index contributed by atoms with van der Waals surface area (Å²) in [6.45, 7) is 5.67. The van der Waals surface area contributed by atoms with Crippen LogP contribution in [-0.4, -0.2) is 64.7 Å². The van der Waals surface area contributed by atoms with Gasteiger partial charge in [0.15, 0.2) is 0 Å². The largest absolute Gasteiger partial charge is 0.450 e. The summed E-state index contributed by atoms with van der Waals surface area (Å²) in [6, 6.07) is 13.1. The molecule has 37 heavy (non-hydrogen) atoms. The lowest BCUT2D eigenvalue weighted by atomic mass is 10.2. The quantitative estimate of drug-likeness (QED) is 0.293. The third-order valence-electron chi connectivity index (χ3n) is 5.17. The van der Waals surface area contributed by atoms with Crippen LogP contribution in [0.5, 0.6) is 11.5 Å². The maximum Gasteiger partial charge on any atom is 0.410 e. The van der Waals surface area contributed by atoms with Gasteiger partial charge in [-0.05, 0) is 62.7 Å². The molecule has 0 saturated carbocycles. The number of fused-ring (bicyclic) bond motifs is 1. The van der Waals surface area contributed by atoms with E-state index in [0.717, 1.165) is 10.9 Å². The number of ether oxygens (including phenoxy) is 3. The first-order chi connectivity index (χ1) is 17.4. The Morgan fingerprint density at radius 3 is 2.38 bits per heavy atom. The Kier molecular flexibility index (Phi) is 8.49. The lowest BCUT2D eigenvalue weighted by Crippen LogP contribution is -2.40. The first-order valence-corrected chi connectivity index (χ1v) is 11.5. The van der Waals surface area contributed by atoms with Gasteiger partial charge in [-0.2, -0.15) is 0 Å². The molecule has 0 aliphatic heterocycles. The van der Waals surface area contributed by atoms with Crippen LogP contribution in [0.4, 0.5) is 15.3 Å². The van der Waals surface area contributed by atoms with Crippen molar-refractivity contribution in [1.29, 1.82) is 0 Å². The predicted molar refractivity (Wildman–Crippen MR) is 137 cm³/mol. The van der Waals surface area contributed by atoms with E-state index in [4.69, 9.17) is 14.2 Å². The van der Waals surface area contributed by atoms with Gasteiger partial charge in [0.05, 0.1) is 10.4 Å². The Balaban J connectivity index is 1.61. The van der Waals surface area contributed by atoms with Crippen molar-refractivity contribution >= 4 is 28.8 Å². The zero-order valence-corrected chi connectivity index (χ0v) is 21.5. The van der Waals surface area contributed by atoms with Gasteiger partial charge in [-0.1, -0.05) is 6.07 Å². The van der Waals surface area contributed by atoms with Gasteiger partial charge in [0.2, 0.25) is 5.75 Å². The molecule has 0 fully saturated rings. The average molecular weight is 511 g/mol. The first-order valence-electron chi connectivity index (χ1n) is 11.5. The number of likely N-dealkylation sites (N-methyl/N-ethyl adjacent to an activating group) is 2. The van der Waals surface area contributed by atoms with Gasteiger partial charge in [0, 0.05) is 44.8 Å². The van der Waals surface area contributed by atoms with Gasteiger partial charge < -0.3 is 24.0 Å². The topological polar surface area (TPSA) is 124 Å². The van der Waals surface area contributed by atoms with E-state index < -0.39 is 22.7 Å². The molecule has 3 rings (SSSR count). The van der Waals surface area contributed by atoms with Crippen LogP contribution in [0.15, 0.2) is 54.7 Å². The number of pyridine rings is 1. The van der Waals surface area contributed by atoms with E-state index in [2.05, 4.69) is 4.98 Å². The number of aromatic nitrogens is 1. The second-order valence-electron chi connectivity index (χ2n) is 9.40. The Morgan fingerprint density at radius 1 is 1.00 bits per heavy atom. The van der Waals surface area contributed by atoms with Crippen molar-refractivity contribution < 1.29 is 28.7 Å². The van der Waals surface area contributed by atoms with Crippen molar-refractivity contribution in [3.05, 3.63) is 70.4 Å². The standard InChI is InChI=1S/C26H30N4O7/c1-26(2,3)37-25(32)29(5)14-13-28(4)24(31)35-17-18-8-11-22(30(33)34)23(15-18)36-20-9-10-21-19(16-20)7-6-12-27-21/h6-12,15-16H,13-14,17H2,1-5H3. The Bertz CT molecular complexity index is 1290. The van der Waals surface area contributed by atoms with Crippen molar-refractivity contribution in [1.82, 2.24) is 14.8 Å². The van der Waals surface area contributed by atoms with Crippen LogP contribution in [0.3, 0.4) is 0 Å². The smallest absolute Gasteiger partial charge is 0.410 e. The second-order valence-corrected chi connectivity index (χ2v) is 9.40. The number of carbonyl (C=O) groups excluding carboxylic acids is 2. The molecule has 0 N–H and O–H groups in total. The molecule has 1 heterocycles. The summed E-state index contributed by atoms with van der Waals surface area (Å²) in [5, 5.41) is 12.4. The molecule has 0 spiro atoms. The molecule has 3 aromatic rings. The average Bonchev–Trinajstić information content (AvgIpc) is 2.84. The number of hydrogen-bond donors (Lipinski definition) is 0. The van der Waals surface area contributed by atoms with Crippen LogP contribution in [0.1, 0.15) is 26.3 Å². The fraction of sp³-hybridized carbons (Fsp3) is 0.346. The zero-order valence-electron chi connectivity index (χ0n) is 21.5. The van der Waals surface area contributed by atoms with Crippen LogP contribution in [0, 0.1) is 10.1 Å². The predicted octanol–water partition coefficient (Wildman–Crippen LogP) is 5.37. The maximum absolute atomic E-state index is 12.4. The fourth-order valence-corrected chi connectivity index (χ4v) is 3.20. The number of nitro benzene ring substituents is 1. The van der Waals surface area contributed by atoms with Crippen LogP contribution >= 0.6 is 0 Å². The third kappa shape index (κ3) is 7.79. The van der Waals surface area contributed by atoms with Gasteiger partial charge in [-0.3, -0.25) is 15.1 Å². The highest BCUT2D eigenvalue weighted by molar-refractivity contribution is 5.80. The van der Waals surface area contributed by atoms with Crippen molar-refractivity contribution in [2.45, 2.75) is 33.0 Å². The van der Waals surface area contributed by atoms with E-state index in [9.17, 15) is 19.7 Å². The first kappa shape index (κ1) is 27.2. The van der Waals surface area contributed by atoms with E-state index in [1.807, 2.05) is 6.07 Å². The molecular weight excluding hydrogens is 480 g/mol. The van der Waals surface area contributed by atoms with Crippen LogP contribution in [0.25, 0.3) is 10.9 Å². The van der Waals surface area contributed by atoms with E-state index in [0.29, 0.717) is 11.3 Å². The normalized spacial score (nSPS) is 11.1. The molecule has 0 unspecified atom stereocenters. The number of rotatable bonds is 8. The number of carbonyl (C=O) groups is 2. The number of nitrogens with zero attached hydrogens (tertiary/aromatic N) is 4. The van der Waals surface area contributed by atoms with Crippen molar-refractivity contribution in [3.63, 3.8) is 0 Å². The van der Waals surface area contributed by atoms with Gasteiger partial charge in [0.1, 0.15) is 18.0 Å². The molecule has 0 aliphatic carbocycles. The van der Waals surface area contributed by atoms with Crippen LogP contribution < -0.4 is 4.74 Å². The van der Waals surface area contributed by atoms with E-state index >= 15 is 0 Å². The highest BCUT2D eigenvalue weighted by Gasteiger charge is 2.21. The highest BCUT2D eigenvalue weighted by Crippen LogP contribution is 2.33. The van der Waals surface area contributed by atoms with E-state index in [1.54, 1.807) is 65.3 Å². The number of benzene rings is 2. The van der Waals surface area contributed by atoms with Gasteiger partial charge in [-0.25, -0.2) is 9.59 Å². The zero-order chi connectivity index (χ0) is 27.2. The van der Waals surface area contributed by atoms with Crippen LogP contribution in [-0.2, 0) is 16.1 Å². The molecule has 0 saturated heterocycles. The maximum atomic E-state index is 12.4. The SMILES string of the molecule is CN(CCN(C)C(=O)OC(C)(C)C)C(=O)OCc1ccc([N+](=O)[O-])c(Oc2ccc3ncccc3c2)c1. The van der Waals surface area contributed by atoms with Crippen molar-refractivity contribution in [3.8, 4) is 11.5 Å². The molecule has 0 radical (unpaired) electrons. The molecule has 11 nitrogen and oxygen atoms in total. The molecule has 0 atom stereocenters. The van der Waals surface area contributed by atoms with Crippen molar-refractivity contribution in [2.75, 3.05) is 27.2 Å². The minimum absolute atomic E-state index is 0.0223. The fourth-order valence-electron chi connectivity index (χ4n) is 3.20. The minimum atomic E-state index is -0.616. The van der Waals surface area contributed by atoms with Gasteiger partial charge >= 0.3 is 17.9 Å². The Hall–Kier alpha value is -4.41. The highest BCUT2D eigenvalue weighted by atomic mass is 16.6. The monoisotopic (exact) mass is 510 g/mol. The molecule has 1 aromatic heterocycles. The lowest BCUT2D eigenvalue weighted by molar-refractivity contribution is -0.385. The minimum Gasteiger partial charge on any atom is -0.450 e. The molecule has 2 aromatic carbocycles. The third-order valence-corrected chi connectivity index (χ3v) is 5.17. The number of amides is 2. The van der Waals surface area contributed by atoms with Gasteiger partial charge in [-0.15, -0.1) is 0 Å². The summed E-state index contributed by atoms with van der Waals surface area (Å²) in [4.78, 5) is 42.4. The van der Waals surface area contributed by atoms with E-state index in [1.165, 1.54) is 28.0 Å². The Morgan fingerprint density at radius 2 is 1.70 bits per heavy atom. The van der Waals surface area contributed by atoms with Crippen LogP contribution in [0.2, 0.25) is 0 Å². The summed E-state index contributed by atoms with van der Waals surface area (Å²) >= 11 is 0. The molecule has 196 valence electrons. The summed E-state index contributed by atoms with van der Waals surface area (Å²) in [5.41, 5.74) is 0.445.